The predicted molar refractivity (Wildman–Crippen MR) is 71.7 cm³/mol. The van der Waals surface area contributed by atoms with Crippen LogP contribution in [0, 0.1) is 23.6 Å². The Bertz CT molecular complexity index is 453. The van der Waals surface area contributed by atoms with Crippen LogP contribution >= 0.6 is 15.9 Å². The Morgan fingerprint density at radius 1 is 1.22 bits per heavy atom. The van der Waals surface area contributed by atoms with Crippen LogP contribution in [0.3, 0.4) is 0 Å². The Labute approximate surface area is 115 Å². The summed E-state index contributed by atoms with van der Waals surface area (Å²) in [6.07, 6.45) is 5.36. The fourth-order valence-electron chi connectivity index (χ4n) is 3.50. The third-order valence-corrected chi connectivity index (χ3v) is 4.79. The van der Waals surface area contributed by atoms with E-state index in [2.05, 4.69) is 15.9 Å². The minimum atomic E-state index is -0.277. The number of hydrogen-bond donors (Lipinski definition) is 0. The van der Waals surface area contributed by atoms with E-state index in [1.54, 1.807) is 0 Å². The highest BCUT2D eigenvalue weighted by molar-refractivity contribution is 9.10. The second-order valence-corrected chi connectivity index (χ2v) is 6.47. The second kappa shape index (κ2) is 4.76. The van der Waals surface area contributed by atoms with E-state index in [-0.39, 0.29) is 11.7 Å². The van der Waals surface area contributed by atoms with Crippen LogP contribution in [0.5, 0.6) is 0 Å². The van der Waals surface area contributed by atoms with Crippen LogP contribution < -0.4 is 0 Å². The fraction of sp³-hybridized carbons (Fsp3) is 0.533. The topological polar surface area (TPSA) is 17.1 Å². The summed E-state index contributed by atoms with van der Waals surface area (Å²) in [6.45, 7) is 0. The molecule has 0 aromatic heterocycles. The van der Waals surface area contributed by atoms with Gasteiger partial charge in [-0.25, -0.2) is 4.39 Å². The van der Waals surface area contributed by atoms with E-state index < -0.39 is 0 Å². The van der Waals surface area contributed by atoms with Gasteiger partial charge >= 0.3 is 0 Å². The van der Waals surface area contributed by atoms with Crippen molar-refractivity contribution in [2.24, 2.45) is 17.8 Å². The summed E-state index contributed by atoms with van der Waals surface area (Å²) < 4.78 is 14.0. The van der Waals surface area contributed by atoms with Gasteiger partial charge in [0.25, 0.3) is 0 Å². The molecule has 0 spiro atoms. The second-order valence-electron chi connectivity index (χ2n) is 5.56. The highest BCUT2D eigenvalue weighted by atomic mass is 79.9. The largest absolute Gasteiger partial charge is 0.299 e. The van der Waals surface area contributed by atoms with Crippen molar-refractivity contribution >= 4 is 21.7 Å². The van der Waals surface area contributed by atoms with Crippen LogP contribution in [0.4, 0.5) is 4.39 Å². The van der Waals surface area contributed by atoms with Gasteiger partial charge in [-0.15, -0.1) is 0 Å². The Morgan fingerprint density at radius 3 is 2.50 bits per heavy atom. The first-order valence-electron chi connectivity index (χ1n) is 6.63. The number of ketones is 1. The number of benzene rings is 1. The molecule has 0 amide bonds. The monoisotopic (exact) mass is 310 g/mol. The minimum Gasteiger partial charge on any atom is -0.299 e. The number of fused-ring (bicyclic) bond motifs is 1. The Hall–Kier alpha value is -0.700. The molecule has 3 rings (SSSR count). The van der Waals surface area contributed by atoms with Gasteiger partial charge in [-0.3, -0.25) is 4.79 Å². The molecule has 18 heavy (non-hydrogen) atoms. The summed E-state index contributed by atoms with van der Waals surface area (Å²) in [5.41, 5.74) is 0.788. The van der Waals surface area contributed by atoms with Crippen LogP contribution in [-0.2, 0) is 11.2 Å². The lowest BCUT2D eigenvalue weighted by atomic mass is 10.0. The number of rotatable bonds is 3. The van der Waals surface area contributed by atoms with Crippen molar-refractivity contribution in [3.05, 3.63) is 34.1 Å². The third-order valence-electron chi connectivity index (χ3n) is 4.33. The molecule has 2 atom stereocenters. The molecule has 2 fully saturated rings. The van der Waals surface area contributed by atoms with Gasteiger partial charge in [0.05, 0.1) is 0 Å². The lowest BCUT2D eigenvalue weighted by molar-refractivity contribution is -0.120. The average molecular weight is 311 g/mol. The van der Waals surface area contributed by atoms with Gasteiger partial charge in [0.1, 0.15) is 11.6 Å². The Kier molecular flexibility index (Phi) is 3.27. The third kappa shape index (κ3) is 2.37. The number of carbonyl (C=O) groups excluding carboxylic acids is 1. The highest BCUT2D eigenvalue weighted by Gasteiger charge is 2.53. The molecule has 3 heteroatoms. The van der Waals surface area contributed by atoms with Gasteiger partial charge in [0, 0.05) is 16.8 Å². The first kappa shape index (κ1) is 12.3. The standard InChI is InChI=1S/C15H16BrFO/c16-10-5-9(6-11(17)8-10)7-14(18)15-12-3-1-2-4-13(12)15/h5-6,8,12-13,15H,1-4,7H2. The molecule has 2 saturated carbocycles. The van der Waals surface area contributed by atoms with Crippen molar-refractivity contribution in [2.45, 2.75) is 32.1 Å². The number of hydrogen-bond acceptors (Lipinski definition) is 1. The van der Waals surface area contributed by atoms with E-state index in [1.807, 2.05) is 6.07 Å². The number of carbonyl (C=O) groups is 1. The van der Waals surface area contributed by atoms with Gasteiger partial charge in [-0.05, 0) is 48.4 Å². The molecule has 0 saturated heterocycles. The zero-order chi connectivity index (χ0) is 12.7. The maximum atomic E-state index is 13.2. The molecule has 0 aliphatic heterocycles. The zero-order valence-corrected chi connectivity index (χ0v) is 11.7. The molecule has 1 aromatic rings. The van der Waals surface area contributed by atoms with Gasteiger partial charge in [0.15, 0.2) is 0 Å². The normalized spacial score (nSPS) is 29.8. The lowest BCUT2D eigenvalue weighted by Gasteiger charge is -2.04. The SMILES string of the molecule is O=C(Cc1cc(F)cc(Br)c1)C1C2CCCCC21. The van der Waals surface area contributed by atoms with Crippen molar-refractivity contribution in [3.8, 4) is 0 Å². The summed E-state index contributed by atoms with van der Waals surface area (Å²) in [4.78, 5) is 12.2. The quantitative estimate of drug-likeness (QED) is 0.820. The van der Waals surface area contributed by atoms with Crippen molar-refractivity contribution in [3.63, 3.8) is 0 Å². The molecule has 1 aromatic carbocycles. The Morgan fingerprint density at radius 2 is 1.89 bits per heavy atom. The van der Waals surface area contributed by atoms with Crippen LogP contribution in [0.1, 0.15) is 31.2 Å². The summed E-state index contributed by atoms with van der Waals surface area (Å²) in [5.74, 6) is 1.59. The van der Waals surface area contributed by atoms with Crippen LogP contribution in [0.15, 0.2) is 22.7 Å². The van der Waals surface area contributed by atoms with E-state index >= 15 is 0 Å². The zero-order valence-electron chi connectivity index (χ0n) is 10.2. The molecule has 96 valence electrons. The first-order chi connectivity index (χ1) is 8.65. The molecule has 2 unspecified atom stereocenters. The molecule has 0 heterocycles. The number of Topliss-reactive ketones (excluding diaryl/α,β-unsaturated/α-hetero) is 1. The van der Waals surface area contributed by atoms with Crippen LogP contribution in [0.25, 0.3) is 0 Å². The summed E-state index contributed by atoms with van der Waals surface area (Å²) in [7, 11) is 0. The van der Waals surface area contributed by atoms with Crippen LogP contribution in [-0.4, -0.2) is 5.78 Å². The fourth-order valence-corrected chi connectivity index (χ4v) is 4.01. The minimum absolute atomic E-state index is 0.273. The first-order valence-corrected chi connectivity index (χ1v) is 7.42. The summed E-state index contributed by atoms with van der Waals surface area (Å²) in [5, 5.41) is 0. The molecule has 0 N–H and O–H groups in total. The predicted octanol–water partition coefficient (Wildman–Crippen LogP) is 4.14. The molecule has 0 radical (unpaired) electrons. The van der Waals surface area contributed by atoms with Gasteiger partial charge in [0.2, 0.25) is 0 Å². The summed E-state index contributed by atoms with van der Waals surface area (Å²) in [6, 6.07) is 4.73. The highest BCUT2D eigenvalue weighted by Crippen LogP contribution is 2.56. The molecule has 1 nitrogen and oxygen atoms in total. The van der Waals surface area contributed by atoms with Gasteiger partial charge in [-0.1, -0.05) is 28.8 Å². The van der Waals surface area contributed by atoms with Crippen LogP contribution in [0.2, 0.25) is 0 Å². The van der Waals surface area contributed by atoms with Gasteiger partial charge < -0.3 is 0 Å². The van der Waals surface area contributed by atoms with E-state index in [1.165, 1.54) is 37.8 Å². The molecule has 2 aliphatic carbocycles. The van der Waals surface area contributed by atoms with E-state index in [9.17, 15) is 9.18 Å². The van der Waals surface area contributed by atoms with E-state index in [4.69, 9.17) is 0 Å². The number of halogens is 2. The smallest absolute Gasteiger partial charge is 0.140 e. The van der Waals surface area contributed by atoms with Crippen molar-refractivity contribution in [1.29, 1.82) is 0 Å². The maximum Gasteiger partial charge on any atom is 0.140 e. The van der Waals surface area contributed by atoms with E-state index in [0.717, 1.165) is 5.56 Å². The lowest BCUT2D eigenvalue weighted by Crippen LogP contribution is -2.07. The molecule has 2 aliphatic rings. The summed E-state index contributed by atoms with van der Waals surface area (Å²) >= 11 is 3.27. The van der Waals surface area contributed by atoms with Crippen molar-refractivity contribution in [1.82, 2.24) is 0 Å². The average Bonchev–Trinajstić information content (AvgIpc) is 3.01. The van der Waals surface area contributed by atoms with Crippen molar-refractivity contribution < 1.29 is 9.18 Å². The van der Waals surface area contributed by atoms with Crippen molar-refractivity contribution in [2.75, 3.05) is 0 Å². The van der Waals surface area contributed by atoms with E-state index in [0.29, 0.717) is 28.5 Å². The molecular formula is C15H16BrFO. The maximum absolute atomic E-state index is 13.2. The Balaban J connectivity index is 1.68. The molecular weight excluding hydrogens is 295 g/mol. The molecule has 0 bridgehead atoms. The van der Waals surface area contributed by atoms with Gasteiger partial charge in [-0.2, -0.15) is 0 Å².